The molecule has 0 amide bonds. The van der Waals surface area contributed by atoms with Crippen LogP contribution in [0.1, 0.15) is 25.4 Å². The summed E-state index contributed by atoms with van der Waals surface area (Å²) in [4.78, 5) is 7.68. The lowest BCUT2D eigenvalue weighted by molar-refractivity contribution is 0.544. The summed E-state index contributed by atoms with van der Waals surface area (Å²) < 4.78 is 13.8. The van der Waals surface area contributed by atoms with Gasteiger partial charge in [0.25, 0.3) is 0 Å². The van der Waals surface area contributed by atoms with Crippen LogP contribution in [0.15, 0.2) is 24.3 Å². The zero-order chi connectivity index (χ0) is 13.8. The SMILES string of the molecule is Cc1[nH]c(CNCC(C)C)nc1-c1ccccc1F. The molecule has 0 aliphatic carbocycles. The molecule has 0 aliphatic rings. The number of imidazole rings is 1. The Hall–Kier alpha value is -1.68. The van der Waals surface area contributed by atoms with Crippen molar-refractivity contribution in [3.63, 3.8) is 0 Å². The average molecular weight is 261 g/mol. The van der Waals surface area contributed by atoms with E-state index in [9.17, 15) is 4.39 Å². The molecule has 0 spiro atoms. The second-order valence-corrected chi connectivity index (χ2v) is 5.16. The molecule has 3 nitrogen and oxygen atoms in total. The van der Waals surface area contributed by atoms with Gasteiger partial charge in [-0.1, -0.05) is 26.0 Å². The molecule has 0 aliphatic heterocycles. The number of hydrogen-bond donors (Lipinski definition) is 2. The number of aromatic nitrogens is 2. The first kappa shape index (κ1) is 13.7. The van der Waals surface area contributed by atoms with Crippen LogP contribution in [-0.4, -0.2) is 16.5 Å². The Morgan fingerprint density at radius 1 is 1.32 bits per heavy atom. The van der Waals surface area contributed by atoms with Crippen LogP contribution in [0.25, 0.3) is 11.3 Å². The van der Waals surface area contributed by atoms with Crippen LogP contribution < -0.4 is 5.32 Å². The molecule has 0 unspecified atom stereocenters. The van der Waals surface area contributed by atoms with Crippen LogP contribution in [0.2, 0.25) is 0 Å². The molecule has 2 N–H and O–H groups in total. The largest absolute Gasteiger partial charge is 0.344 e. The first-order chi connectivity index (χ1) is 9.08. The van der Waals surface area contributed by atoms with Gasteiger partial charge in [0.1, 0.15) is 11.6 Å². The maximum Gasteiger partial charge on any atom is 0.132 e. The number of rotatable bonds is 5. The predicted octanol–water partition coefficient (Wildman–Crippen LogP) is 3.27. The molecule has 0 radical (unpaired) electrons. The molecule has 19 heavy (non-hydrogen) atoms. The van der Waals surface area contributed by atoms with Gasteiger partial charge in [0.15, 0.2) is 0 Å². The number of aryl methyl sites for hydroxylation is 1. The Morgan fingerprint density at radius 2 is 2.05 bits per heavy atom. The third-order valence-corrected chi connectivity index (χ3v) is 2.91. The van der Waals surface area contributed by atoms with Crippen molar-refractivity contribution in [2.24, 2.45) is 5.92 Å². The number of aromatic amines is 1. The number of benzene rings is 1. The maximum atomic E-state index is 13.8. The highest BCUT2D eigenvalue weighted by atomic mass is 19.1. The van der Waals surface area contributed by atoms with Crippen molar-refractivity contribution in [2.45, 2.75) is 27.3 Å². The molecule has 2 rings (SSSR count). The standard InChI is InChI=1S/C15H20FN3/c1-10(2)8-17-9-14-18-11(3)15(19-14)12-6-4-5-7-13(12)16/h4-7,10,17H,8-9H2,1-3H3,(H,18,19). The van der Waals surface area contributed by atoms with Gasteiger partial charge in [-0.25, -0.2) is 9.37 Å². The lowest BCUT2D eigenvalue weighted by Gasteiger charge is -2.04. The monoisotopic (exact) mass is 261 g/mol. The molecule has 1 heterocycles. The van der Waals surface area contributed by atoms with Crippen LogP contribution in [0, 0.1) is 18.7 Å². The molecule has 0 fully saturated rings. The van der Waals surface area contributed by atoms with Gasteiger partial charge in [-0.15, -0.1) is 0 Å². The highest BCUT2D eigenvalue weighted by Gasteiger charge is 2.12. The van der Waals surface area contributed by atoms with E-state index in [1.54, 1.807) is 12.1 Å². The fourth-order valence-corrected chi connectivity index (χ4v) is 2.00. The van der Waals surface area contributed by atoms with E-state index in [1.807, 2.05) is 13.0 Å². The van der Waals surface area contributed by atoms with Crippen molar-refractivity contribution in [1.82, 2.24) is 15.3 Å². The minimum atomic E-state index is -0.237. The topological polar surface area (TPSA) is 40.7 Å². The number of nitrogens with one attached hydrogen (secondary N) is 2. The van der Waals surface area contributed by atoms with Crippen molar-refractivity contribution in [2.75, 3.05) is 6.54 Å². The maximum absolute atomic E-state index is 13.8. The smallest absolute Gasteiger partial charge is 0.132 e. The number of H-pyrrole nitrogens is 1. The molecule has 1 aromatic heterocycles. The van der Waals surface area contributed by atoms with Crippen molar-refractivity contribution in [3.05, 3.63) is 41.6 Å². The van der Waals surface area contributed by atoms with Gasteiger partial charge in [-0.2, -0.15) is 0 Å². The highest BCUT2D eigenvalue weighted by molar-refractivity contribution is 5.62. The van der Waals surface area contributed by atoms with E-state index >= 15 is 0 Å². The van der Waals surface area contributed by atoms with Gasteiger partial charge >= 0.3 is 0 Å². The molecular formula is C15H20FN3. The summed E-state index contributed by atoms with van der Waals surface area (Å²) in [5, 5.41) is 3.32. The first-order valence-corrected chi connectivity index (χ1v) is 6.59. The number of hydrogen-bond acceptors (Lipinski definition) is 2. The minimum absolute atomic E-state index is 0.237. The summed E-state index contributed by atoms with van der Waals surface area (Å²) in [5.74, 6) is 1.21. The second kappa shape index (κ2) is 5.97. The Kier molecular flexibility index (Phi) is 4.32. The van der Waals surface area contributed by atoms with Gasteiger partial charge in [0.2, 0.25) is 0 Å². The van der Waals surface area contributed by atoms with Gasteiger partial charge in [0.05, 0.1) is 12.2 Å². The highest BCUT2D eigenvalue weighted by Crippen LogP contribution is 2.23. The predicted molar refractivity (Wildman–Crippen MR) is 75.3 cm³/mol. The molecule has 0 saturated heterocycles. The summed E-state index contributed by atoms with van der Waals surface area (Å²) in [5.41, 5.74) is 2.14. The molecular weight excluding hydrogens is 241 g/mol. The van der Waals surface area contributed by atoms with Gasteiger partial charge in [-0.05, 0) is 31.5 Å². The quantitative estimate of drug-likeness (QED) is 0.867. The average Bonchev–Trinajstić information content (AvgIpc) is 2.70. The van der Waals surface area contributed by atoms with E-state index in [0.29, 0.717) is 23.7 Å². The Labute approximate surface area is 113 Å². The zero-order valence-corrected chi connectivity index (χ0v) is 11.6. The van der Waals surface area contributed by atoms with Crippen LogP contribution in [0.4, 0.5) is 4.39 Å². The summed E-state index contributed by atoms with van der Waals surface area (Å²) >= 11 is 0. The summed E-state index contributed by atoms with van der Waals surface area (Å²) in [7, 11) is 0. The van der Waals surface area contributed by atoms with Crippen LogP contribution in [0.3, 0.4) is 0 Å². The fraction of sp³-hybridized carbons (Fsp3) is 0.400. The Bertz CT molecular complexity index is 546. The van der Waals surface area contributed by atoms with Gasteiger partial charge < -0.3 is 10.3 Å². The third kappa shape index (κ3) is 3.41. The molecule has 0 atom stereocenters. The van der Waals surface area contributed by atoms with E-state index in [2.05, 4.69) is 29.1 Å². The lowest BCUT2D eigenvalue weighted by Crippen LogP contribution is -2.19. The van der Waals surface area contributed by atoms with Crippen molar-refractivity contribution in [3.8, 4) is 11.3 Å². The molecule has 0 bridgehead atoms. The minimum Gasteiger partial charge on any atom is -0.344 e. The van der Waals surface area contributed by atoms with Crippen molar-refractivity contribution < 1.29 is 4.39 Å². The zero-order valence-electron chi connectivity index (χ0n) is 11.6. The molecule has 4 heteroatoms. The van der Waals surface area contributed by atoms with Gasteiger partial charge in [-0.3, -0.25) is 0 Å². The van der Waals surface area contributed by atoms with Crippen LogP contribution >= 0.6 is 0 Å². The van der Waals surface area contributed by atoms with Gasteiger partial charge in [0, 0.05) is 11.3 Å². The Balaban J connectivity index is 2.15. The third-order valence-electron chi connectivity index (χ3n) is 2.91. The molecule has 0 saturated carbocycles. The van der Waals surface area contributed by atoms with E-state index in [1.165, 1.54) is 6.07 Å². The van der Waals surface area contributed by atoms with Crippen molar-refractivity contribution >= 4 is 0 Å². The van der Waals surface area contributed by atoms with E-state index in [-0.39, 0.29) is 5.82 Å². The van der Waals surface area contributed by atoms with Crippen LogP contribution in [-0.2, 0) is 6.54 Å². The molecule has 102 valence electrons. The fourth-order valence-electron chi connectivity index (χ4n) is 2.00. The van der Waals surface area contributed by atoms with E-state index in [0.717, 1.165) is 18.1 Å². The lowest BCUT2D eigenvalue weighted by atomic mass is 10.1. The summed E-state index contributed by atoms with van der Waals surface area (Å²) in [6.07, 6.45) is 0. The Morgan fingerprint density at radius 3 is 2.74 bits per heavy atom. The van der Waals surface area contributed by atoms with Crippen LogP contribution in [0.5, 0.6) is 0 Å². The molecule has 1 aromatic carbocycles. The normalized spacial score (nSPS) is 11.2. The first-order valence-electron chi connectivity index (χ1n) is 6.59. The summed E-state index contributed by atoms with van der Waals surface area (Å²) in [6.45, 7) is 7.85. The molecule has 2 aromatic rings. The summed E-state index contributed by atoms with van der Waals surface area (Å²) in [6, 6.07) is 6.72. The van der Waals surface area contributed by atoms with E-state index < -0.39 is 0 Å². The van der Waals surface area contributed by atoms with Crippen molar-refractivity contribution in [1.29, 1.82) is 0 Å². The second-order valence-electron chi connectivity index (χ2n) is 5.16. The number of nitrogens with zero attached hydrogens (tertiary/aromatic N) is 1. The number of halogens is 1. The van der Waals surface area contributed by atoms with E-state index in [4.69, 9.17) is 0 Å².